The Morgan fingerprint density at radius 1 is 1.31 bits per heavy atom. The van der Waals surface area contributed by atoms with E-state index in [1.807, 2.05) is 36.3 Å². The van der Waals surface area contributed by atoms with Gasteiger partial charge in [-0.05, 0) is 46.5 Å². The monoisotopic (exact) mass is 377 g/mol. The molecule has 2 aromatic rings. The van der Waals surface area contributed by atoms with Crippen molar-refractivity contribution in [3.8, 4) is 0 Å². The number of ether oxygens (including phenoxy) is 1. The average Bonchev–Trinajstić information content (AvgIpc) is 3.08. The minimum absolute atomic E-state index is 0.193. The molecule has 1 amide bonds. The summed E-state index contributed by atoms with van der Waals surface area (Å²) in [5.74, 6) is 0.695. The Morgan fingerprint density at radius 2 is 2.00 bits per heavy atom. The van der Waals surface area contributed by atoms with E-state index >= 15 is 0 Å². The van der Waals surface area contributed by atoms with Crippen LogP contribution < -0.4 is 5.32 Å². The number of nitrogens with one attached hydrogen (secondary N) is 1. The predicted octanol–water partition coefficient (Wildman–Crippen LogP) is 3.73. The fourth-order valence-corrected chi connectivity index (χ4v) is 4.26. The number of hydrogen-bond acceptors (Lipinski definition) is 5. The Kier molecular flexibility index (Phi) is 4.22. The van der Waals surface area contributed by atoms with E-state index in [0.717, 1.165) is 31.3 Å². The molecule has 0 spiro atoms. The molecule has 140 valence electrons. The maximum absolute atomic E-state index is 12.6. The SMILES string of the molecule is CC(C)(C)OC(=O)N1[C@@H]2CC[C@H]1CC(Nc1nc(Cl)cc3nccn13)C2. The lowest BCUT2D eigenvalue weighted by Gasteiger charge is -2.39. The first-order valence-electron chi connectivity index (χ1n) is 9.07. The number of carbonyl (C=O) groups is 1. The van der Waals surface area contributed by atoms with Crippen molar-refractivity contribution in [2.45, 2.75) is 70.2 Å². The third-order valence-corrected chi connectivity index (χ3v) is 5.22. The third kappa shape index (κ3) is 3.32. The van der Waals surface area contributed by atoms with Gasteiger partial charge in [-0.1, -0.05) is 11.6 Å². The Hall–Kier alpha value is -2.02. The normalized spacial score (nSPS) is 25.5. The Balaban J connectivity index is 1.49. The summed E-state index contributed by atoms with van der Waals surface area (Å²) in [6, 6.07) is 2.39. The molecule has 0 saturated carbocycles. The fourth-order valence-electron chi connectivity index (χ4n) is 4.09. The van der Waals surface area contributed by atoms with Gasteiger partial charge in [-0.3, -0.25) is 4.40 Å². The van der Waals surface area contributed by atoms with E-state index in [9.17, 15) is 4.79 Å². The lowest BCUT2D eigenvalue weighted by atomic mass is 9.98. The number of imidazole rings is 1. The highest BCUT2D eigenvalue weighted by atomic mass is 35.5. The second kappa shape index (κ2) is 6.30. The topological polar surface area (TPSA) is 71.8 Å². The maximum Gasteiger partial charge on any atom is 0.410 e. The summed E-state index contributed by atoms with van der Waals surface area (Å²) in [4.78, 5) is 23.2. The summed E-state index contributed by atoms with van der Waals surface area (Å²) < 4.78 is 7.50. The highest BCUT2D eigenvalue weighted by Gasteiger charge is 2.45. The van der Waals surface area contributed by atoms with Gasteiger partial charge >= 0.3 is 6.09 Å². The molecule has 1 N–H and O–H groups in total. The number of hydrogen-bond donors (Lipinski definition) is 1. The van der Waals surface area contributed by atoms with Crippen LogP contribution in [-0.2, 0) is 4.74 Å². The minimum Gasteiger partial charge on any atom is -0.444 e. The smallest absolute Gasteiger partial charge is 0.410 e. The summed E-state index contributed by atoms with van der Waals surface area (Å²) >= 11 is 6.12. The van der Waals surface area contributed by atoms with Crippen LogP contribution in [0.2, 0.25) is 5.15 Å². The van der Waals surface area contributed by atoms with Crippen molar-refractivity contribution in [1.29, 1.82) is 0 Å². The van der Waals surface area contributed by atoms with Crippen LogP contribution >= 0.6 is 11.6 Å². The standard InChI is InChI=1S/C18H24ClN5O2/c1-18(2,3)26-17(25)24-12-4-5-13(24)9-11(8-12)21-16-22-14(19)10-15-20-6-7-23(15)16/h6-7,10-13H,4-5,8-9H2,1-3H3,(H,21,22)/t11?,12-,13+. The number of rotatable bonds is 2. The van der Waals surface area contributed by atoms with Gasteiger partial charge in [-0.25, -0.2) is 14.8 Å². The van der Waals surface area contributed by atoms with Gasteiger partial charge in [0.1, 0.15) is 16.4 Å². The van der Waals surface area contributed by atoms with E-state index in [0.29, 0.717) is 11.1 Å². The van der Waals surface area contributed by atoms with Gasteiger partial charge in [0.2, 0.25) is 5.95 Å². The second-order valence-corrected chi connectivity index (χ2v) is 8.53. The van der Waals surface area contributed by atoms with E-state index in [-0.39, 0.29) is 24.2 Å². The maximum atomic E-state index is 12.6. The molecular formula is C18H24ClN5O2. The summed E-state index contributed by atoms with van der Waals surface area (Å²) in [5.41, 5.74) is 0.297. The van der Waals surface area contributed by atoms with Crippen molar-refractivity contribution in [3.63, 3.8) is 0 Å². The number of halogens is 1. The van der Waals surface area contributed by atoms with E-state index in [4.69, 9.17) is 16.3 Å². The molecule has 7 nitrogen and oxygen atoms in total. The molecule has 4 rings (SSSR count). The van der Waals surface area contributed by atoms with Crippen molar-refractivity contribution in [3.05, 3.63) is 23.6 Å². The number of piperidine rings is 1. The molecule has 2 aromatic heterocycles. The molecule has 0 aliphatic carbocycles. The van der Waals surface area contributed by atoms with Crippen LogP contribution in [0, 0.1) is 0 Å². The molecule has 8 heteroatoms. The van der Waals surface area contributed by atoms with E-state index in [1.54, 1.807) is 12.3 Å². The van der Waals surface area contributed by atoms with Crippen LogP contribution in [0.1, 0.15) is 46.5 Å². The number of aromatic nitrogens is 3. The zero-order valence-corrected chi connectivity index (χ0v) is 16.0. The van der Waals surface area contributed by atoms with Crippen molar-refractivity contribution < 1.29 is 9.53 Å². The molecule has 2 aliphatic heterocycles. The molecule has 2 saturated heterocycles. The van der Waals surface area contributed by atoms with Gasteiger partial charge in [0, 0.05) is 36.6 Å². The van der Waals surface area contributed by atoms with Crippen LogP contribution in [0.25, 0.3) is 5.65 Å². The molecule has 3 atom stereocenters. The van der Waals surface area contributed by atoms with Gasteiger partial charge in [-0.2, -0.15) is 0 Å². The van der Waals surface area contributed by atoms with Crippen molar-refractivity contribution in [1.82, 2.24) is 19.3 Å². The summed E-state index contributed by atoms with van der Waals surface area (Å²) in [6.45, 7) is 5.72. The summed E-state index contributed by atoms with van der Waals surface area (Å²) in [5, 5.41) is 3.92. The Labute approximate surface area is 157 Å². The number of fused-ring (bicyclic) bond motifs is 3. The van der Waals surface area contributed by atoms with Crippen LogP contribution in [-0.4, -0.2) is 49.1 Å². The number of anilines is 1. The lowest BCUT2D eigenvalue weighted by Crippen LogP contribution is -2.51. The molecule has 2 bridgehead atoms. The quantitative estimate of drug-likeness (QED) is 0.807. The summed E-state index contributed by atoms with van der Waals surface area (Å²) in [6.07, 6.45) is 7.19. The van der Waals surface area contributed by atoms with E-state index in [2.05, 4.69) is 15.3 Å². The average molecular weight is 378 g/mol. The third-order valence-electron chi connectivity index (χ3n) is 5.03. The highest BCUT2D eigenvalue weighted by molar-refractivity contribution is 6.29. The van der Waals surface area contributed by atoms with Crippen LogP contribution in [0.3, 0.4) is 0 Å². The number of nitrogens with zero attached hydrogens (tertiary/aromatic N) is 4. The lowest BCUT2D eigenvalue weighted by molar-refractivity contribution is 0.00681. The van der Waals surface area contributed by atoms with Crippen molar-refractivity contribution in [2.75, 3.05) is 5.32 Å². The number of amides is 1. The van der Waals surface area contributed by atoms with E-state index in [1.165, 1.54) is 0 Å². The van der Waals surface area contributed by atoms with Crippen LogP contribution in [0.15, 0.2) is 18.5 Å². The van der Waals surface area contributed by atoms with Gasteiger partial charge in [0.05, 0.1) is 0 Å². The van der Waals surface area contributed by atoms with Crippen molar-refractivity contribution >= 4 is 29.3 Å². The molecular weight excluding hydrogens is 354 g/mol. The largest absolute Gasteiger partial charge is 0.444 e. The minimum atomic E-state index is -0.469. The van der Waals surface area contributed by atoms with Gasteiger partial charge < -0.3 is 15.0 Å². The Morgan fingerprint density at radius 3 is 2.65 bits per heavy atom. The molecule has 26 heavy (non-hydrogen) atoms. The zero-order valence-electron chi connectivity index (χ0n) is 15.3. The van der Waals surface area contributed by atoms with Crippen LogP contribution in [0.4, 0.5) is 10.7 Å². The zero-order chi connectivity index (χ0) is 18.5. The fraction of sp³-hybridized carbons (Fsp3) is 0.611. The van der Waals surface area contributed by atoms with Crippen LogP contribution in [0.5, 0.6) is 0 Å². The van der Waals surface area contributed by atoms with E-state index < -0.39 is 5.60 Å². The first-order valence-corrected chi connectivity index (χ1v) is 9.45. The second-order valence-electron chi connectivity index (χ2n) is 8.14. The molecule has 2 aliphatic rings. The highest BCUT2D eigenvalue weighted by Crippen LogP contribution is 2.37. The van der Waals surface area contributed by atoms with Gasteiger partial charge in [0.15, 0.2) is 0 Å². The molecule has 0 radical (unpaired) electrons. The predicted molar refractivity (Wildman–Crippen MR) is 99.5 cm³/mol. The molecule has 0 aromatic carbocycles. The van der Waals surface area contributed by atoms with Crippen molar-refractivity contribution in [2.24, 2.45) is 0 Å². The molecule has 1 unspecified atom stereocenters. The summed E-state index contributed by atoms with van der Waals surface area (Å²) in [7, 11) is 0. The number of carbonyl (C=O) groups excluding carboxylic acids is 1. The first kappa shape index (κ1) is 17.4. The first-order chi connectivity index (χ1) is 12.3. The Bertz CT molecular complexity index is 817. The van der Waals surface area contributed by atoms with Gasteiger partial charge in [0.25, 0.3) is 0 Å². The molecule has 4 heterocycles. The molecule has 2 fully saturated rings. The van der Waals surface area contributed by atoms with Gasteiger partial charge in [-0.15, -0.1) is 0 Å².